The van der Waals surface area contributed by atoms with Gasteiger partial charge in [0.1, 0.15) is 0 Å². The summed E-state index contributed by atoms with van der Waals surface area (Å²) in [6.07, 6.45) is 2.43. The highest BCUT2D eigenvalue weighted by atomic mass is 15.4. The molecule has 3 N–H and O–H groups in total. The molecule has 1 aromatic heterocycles. The van der Waals surface area contributed by atoms with Gasteiger partial charge in [0.2, 0.25) is 11.9 Å². The molecular weight excluding hydrogens is 166 g/mol. The number of anilines is 2. The summed E-state index contributed by atoms with van der Waals surface area (Å²) in [5.74, 6) is 1.96. The zero-order valence-electron chi connectivity index (χ0n) is 7.82. The highest BCUT2D eigenvalue weighted by Crippen LogP contribution is 2.19. The number of aromatic amines is 1. The van der Waals surface area contributed by atoms with Crippen LogP contribution in [0.4, 0.5) is 11.9 Å². The molecule has 0 aromatic carbocycles. The van der Waals surface area contributed by atoms with Gasteiger partial charge < -0.3 is 10.6 Å². The number of nitrogen functional groups attached to an aromatic ring is 1. The molecule has 2 heterocycles. The minimum absolute atomic E-state index is 0.397. The molecule has 1 aliphatic rings. The van der Waals surface area contributed by atoms with Gasteiger partial charge in [0.05, 0.1) is 0 Å². The van der Waals surface area contributed by atoms with E-state index in [9.17, 15) is 0 Å². The Hall–Kier alpha value is -1.26. The van der Waals surface area contributed by atoms with Crippen LogP contribution in [0.1, 0.15) is 19.8 Å². The predicted molar refractivity (Wildman–Crippen MR) is 51.4 cm³/mol. The molecule has 0 aliphatic carbocycles. The fraction of sp³-hybridized carbons (Fsp3) is 0.750. The van der Waals surface area contributed by atoms with E-state index in [1.54, 1.807) is 0 Å². The molecule has 1 aliphatic heterocycles. The zero-order chi connectivity index (χ0) is 9.26. The first-order chi connectivity index (χ1) is 6.25. The Balaban J connectivity index is 2.02. The van der Waals surface area contributed by atoms with E-state index in [0.29, 0.717) is 5.95 Å². The molecule has 1 saturated heterocycles. The summed E-state index contributed by atoms with van der Waals surface area (Å²) < 4.78 is 0. The standard InChI is InChI=1S/C8H15N5/c1-6-2-4-13(5-3-6)8-10-7(9)11-12-8/h6H,2-5H2,1H3,(H3,9,10,11,12). The Bertz CT molecular complexity index is 274. The van der Waals surface area contributed by atoms with Crippen molar-refractivity contribution in [3.8, 4) is 0 Å². The Kier molecular flexibility index (Phi) is 2.08. The van der Waals surface area contributed by atoms with Crippen molar-refractivity contribution < 1.29 is 0 Å². The number of nitrogens with two attached hydrogens (primary N) is 1. The minimum atomic E-state index is 0.397. The monoisotopic (exact) mass is 181 g/mol. The number of rotatable bonds is 1. The van der Waals surface area contributed by atoms with E-state index in [1.165, 1.54) is 12.8 Å². The number of nitrogens with one attached hydrogen (secondary N) is 1. The molecule has 0 unspecified atom stereocenters. The first kappa shape index (κ1) is 8.34. The van der Waals surface area contributed by atoms with Gasteiger partial charge in [-0.05, 0) is 18.8 Å². The normalized spacial score (nSPS) is 19.3. The Morgan fingerprint density at radius 1 is 1.46 bits per heavy atom. The first-order valence-corrected chi connectivity index (χ1v) is 4.68. The second-order valence-corrected chi connectivity index (χ2v) is 3.69. The molecule has 1 fully saturated rings. The largest absolute Gasteiger partial charge is 0.368 e. The van der Waals surface area contributed by atoms with Crippen LogP contribution < -0.4 is 10.6 Å². The maximum absolute atomic E-state index is 5.46. The van der Waals surface area contributed by atoms with Crippen molar-refractivity contribution in [1.82, 2.24) is 15.2 Å². The van der Waals surface area contributed by atoms with Crippen molar-refractivity contribution in [2.75, 3.05) is 23.7 Å². The smallest absolute Gasteiger partial charge is 0.246 e. The molecule has 0 atom stereocenters. The highest BCUT2D eigenvalue weighted by molar-refractivity contribution is 5.34. The van der Waals surface area contributed by atoms with Crippen LogP contribution in [-0.2, 0) is 0 Å². The van der Waals surface area contributed by atoms with Crippen molar-refractivity contribution >= 4 is 11.9 Å². The van der Waals surface area contributed by atoms with Crippen LogP contribution in [0.3, 0.4) is 0 Å². The van der Waals surface area contributed by atoms with Crippen molar-refractivity contribution in [2.24, 2.45) is 5.92 Å². The summed E-state index contributed by atoms with van der Waals surface area (Å²) in [6, 6.07) is 0. The van der Waals surface area contributed by atoms with Gasteiger partial charge in [-0.25, -0.2) is 5.10 Å². The minimum Gasteiger partial charge on any atom is -0.368 e. The average Bonchev–Trinajstić information content (AvgIpc) is 2.53. The predicted octanol–water partition coefficient (Wildman–Crippen LogP) is 0.623. The highest BCUT2D eigenvalue weighted by Gasteiger charge is 2.18. The molecule has 5 heteroatoms. The summed E-state index contributed by atoms with van der Waals surface area (Å²) in [4.78, 5) is 6.27. The third-order valence-electron chi connectivity index (χ3n) is 2.56. The fourth-order valence-electron chi connectivity index (χ4n) is 1.62. The third kappa shape index (κ3) is 1.74. The van der Waals surface area contributed by atoms with Gasteiger partial charge in [0, 0.05) is 13.1 Å². The van der Waals surface area contributed by atoms with Gasteiger partial charge in [-0.1, -0.05) is 6.92 Å². The van der Waals surface area contributed by atoms with Crippen molar-refractivity contribution in [1.29, 1.82) is 0 Å². The number of hydrogen-bond donors (Lipinski definition) is 2. The second kappa shape index (κ2) is 3.24. The maximum atomic E-state index is 5.46. The molecule has 0 saturated carbocycles. The molecule has 0 radical (unpaired) electrons. The lowest BCUT2D eigenvalue weighted by Gasteiger charge is -2.28. The molecule has 2 rings (SSSR count). The van der Waals surface area contributed by atoms with Gasteiger partial charge in [-0.3, -0.25) is 0 Å². The number of piperidine rings is 1. The molecule has 72 valence electrons. The topological polar surface area (TPSA) is 70.8 Å². The molecular formula is C8H15N5. The van der Waals surface area contributed by atoms with E-state index < -0.39 is 0 Å². The lowest BCUT2D eigenvalue weighted by Crippen LogP contribution is -2.33. The van der Waals surface area contributed by atoms with Gasteiger partial charge in [-0.2, -0.15) is 4.98 Å². The van der Waals surface area contributed by atoms with Crippen LogP contribution >= 0.6 is 0 Å². The maximum Gasteiger partial charge on any atom is 0.246 e. The second-order valence-electron chi connectivity index (χ2n) is 3.69. The summed E-state index contributed by atoms with van der Waals surface area (Å²) in [5, 5.41) is 6.68. The number of aromatic nitrogens is 3. The van der Waals surface area contributed by atoms with E-state index in [4.69, 9.17) is 5.73 Å². The van der Waals surface area contributed by atoms with Crippen LogP contribution in [-0.4, -0.2) is 28.3 Å². The van der Waals surface area contributed by atoms with Gasteiger partial charge in [-0.15, -0.1) is 5.10 Å². The van der Waals surface area contributed by atoms with E-state index in [-0.39, 0.29) is 0 Å². The average molecular weight is 181 g/mol. The van der Waals surface area contributed by atoms with Gasteiger partial charge >= 0.3 is 0 Å². The van der Waals surface area contributed by atoms with Crippen LogP contribution in [0.5, 0.6) is 0 Å². The molecule has 0 spiro atoms. The lowest BCUT2D eigenvalue weighted by molar-refractivity contribution is 0.434. The SMILES string of the molecule is CC1CCN(c2n[nH]c(N)n2)CC1. The van der Waals surface area contributed by atoms with Crippen LogP contribution in [0.15, 0.2) is 0 Å². The van der Waals surface area contributed by atoms with Gasteiger partial charge in [0.25, 0.3) is 0 Å². The lowest BCUT2D eigenvalue weighted by atomic mass is 10.00. The van der Waals surface area contributed by atoms with E-state index in [1.807, 2.05) is 0 Å². The Morgan fingerprint density at radius 2 is 2.15 bits per heavy atom. The summed E-state index contributed by atoms with van der Waals surface area (Å²) in [6.45, 7) is 4.36. The summed E-state index contributed by atoms with van der Waals surface area (Å²) in [7, 11) is 0. The number of nitrogens with zero attached hydrogens (tertiary/aromatic N) is 3. The number of H-pyrrole nitrogens is 1. The van der Waals surface area contributed by atoms with E-state index >= 15 is 0 Å². The Labute approximate surface area is 77.3 Å². The fourth-order valence-corrected chi connectivity index (χ4v) is 1.62. The molecule has 0 amide bonds. The van der Waals surface area contributed by atoms with Crippen LogP contribution in [0.2, 0.25) is 0 Å². The van der Waals surface area contributed by atoms with Crippen molar-refractivity contribution in [3.63, 3.8) is 0 Å². The quantitative estimate of drug-likeness (QED) is 0.666. The third-order valence-corrected chi connectivity index (χ3v) is 2.56. The van der Waals surface area contributed by atoms with Crippen LogP contribution in [0, 0.1) is 5.92 Å². The molecule has 5 nitrogen and oxygen atoms in total. The van der Waals surface area contributed by atoms with E-state index in [2.05, 4.69) is 27.0 Å². The molecule has 1 aromatic rings. The molecule has 13 heavy (non-hydrogen) atoms. The van der Waals surface area contributed by atoms with Gasteiger partial charge in [0.15, 0.2) is 0 Å². The zero-order valence-corrected chi connectivity index (χ0v) is 7.82. The molecule has 0 bridgehead atoms. The Morgan fingerprint density at radius 3 is 2.69 bits per heavy atom. The summed E-state index contributed by atoms with van der Waals surface area (Å²) >= 11 is 0. The van der Waals surface area contributed by atoms with E-state index in [0.717, 1.165) is 25.0 Å². The van der Waals surface area contributed by atoms with Crippen LogP contribution in [0.25, 0.3) is 0 Å². The number of hydrogen-bond acceptors (Lipinski definition) is 4. The first-order valence-electron chi connectivity index (χ1n) is 4.68. The van der Waals surface area contributed by atoms with Crippen molar-refractivity contribution in [3.05, 3.63) is 0 Å². The van der Waals surface area contributed by atoms with Crippen molar-refractivity contribution in [2.45, 2.75) is 19.8 Å². The summed E-state index contributed by atoms with van der Waals surface area (Å²) in [5.41, 5.74) is 5.46.